The second-order valence-corrected chi connectivity index (χ2v) is 5.50. The molecule has 0 spiro atoms. The fourth-order valence-corrected chi connectivity index (χ4v) is 2.61. The molecule has 0 aliphatic carbocycles. The molecule has 18 heavy (non-hydrogen) atoms. The van der Waals surface area contributed by atoms with Gasteiger partial charge >= 0.3 is 0 Å². The van der Waals surface area contributed by atoms with Crippen molar-refractivity contribution in [3.8, 4) is 0 Å². The highest BCUT2D eigenvalue weighted by atomic mass is 32.1. The number of imidazole rings is 1. The predicted molar refractivity (Wildman–Crippen MR) is 73.0 cm³/mol. The van der Waals surface area contributed by atoms with E-state index < -0.39 is 0 Å². The van der Waals surface area contributed by atoms with Crippen molar-refractivity contribution in [2.24, 2.45) is 0 Å². The number of aromatic amines is 1. The van der Waals surface area contributed by atoms with E-state index >= 15 is 0 Å². The first-order valence-corrected chi connectivity index (χ1v) is 6.82. The van der Waals surface area contributed by atoms with Gasteiger partial charge in [-0.2, -0.15) is 0 Å². The minimum absolute atomic E-state index is 0.0237. The lowest BCUT2D eigenvalue weighted by atomic mass is 10.2. The monoisotopic (exact) mass is 263 g/mol. The largest absolute Gasteiger partial charge is 0.351 e. The second kappa shape index (κ2) is 5.82. The molecule has 0 aliphatic rings. The molecule has 2 aromatic heterocycles. The van der Waals surface area contributed by atoms with Crippen LogP contribution in [0.15, 0.2) is 18.5 Å². The Balaban J connectivity index is 1.75. The molecule has 0 saturated heterocycles. The number of aryl methyl sites for hydroxylation is 3. The Morgan fingerprint density at radius 1 is 1.50 bits per heavy atom. The molecule has 1 amide bonds. The van der Waals surface area contributed by atoms with Gasteiger partial charge < -0.3 is 10.3 Å². The number of hydrogen-bond donors (Lipinski definition) is 2. The summed E-state index contributed by atoms with van der Waals surface area (Å²) in [5, 5.41) is 2.93. The summed E-state index contributed by atoms with van der Waals surface area (Å²) in [6.45, 7) is 4.74. The quantitative estimate of drug-likeness (QED) is 0.814. The van der Waals surface area contributed by atoms with Crippen LogP contribution in [0.3, 0.4) is 0 Å². The number of amides is 1. The zero-order valence-electron chi connectivity index (χ0n) is 10.6. The normalized spacial score (nSPS) is 10.6. The molecule has 4 nitrogen and oxygen atoms in total. The molecule has 2 N–H and O–H groups in total. The first-order valence-electron chi connectivity index (χ1n) is 6.00. The van der Waals surface area contributed by atoms with Crippen LogP contribution in [0.5, 0.6) is 0 Å². The third-order valence-electron chi connectivity index (χ3n) is 2.82. The summed E-state index contributed by atoms with van der Waals surface area (Å²) in [5.74, 6) is 0.989. The van der Waals surface area contributed by atoms with Gasteiger partial charge in [0.05, 0.1) is 4.88 Å². The third-order valence-corrected chi connectivity index (χ3v) is 3.97. The Bertz CT molecular complexity index is 497. The molecule has 0 aromatic carbocycles. The highest BCUT2D eigenvalue weighted by molar-refractivity contribution is 7.14. The van der Waals surface area contributed by atoms with Crippen LogP contribution in [0, 0.1) is 13.8 Å². The summed E-state index contributed by atoms with van der Waals surface area (Å²) in [6, 6.07) is 1.95. The van der Waals surface area contributed by atoms with Gasteiger partial charge in [-0.05, 0) is 31.9 Å². The zero-order valence-corrected chi connectivity index (χ0v) is 11.4. The first-order chi connectivity index (χ1) is 8.66. The van der Waals surface area contributed by atoms with Crippen molar-refractivity contribution < 1.29 is 4.79 Å². The van der Waals surface area contributed by atoms with Gasteiger partial charge in [0.25, 0.3) is 5.91 Å². The summed E-state index contributed by atoms with van der Waals surface area (Å²) in [6.07, 6.45) is 5.30. The van der Waals surface area contributed by atoms with Gasteiger partial charge in [0.15, 0.2) is 0 Å². The lowest BCUT2D eigenvalue weighted by Gasteiger charge is -2.02. The van der Waals surface area contributed by atoms with Gasteiger partial charge in [0.2, 0.25) is 0 Å². The minimum Gasteiger partial charge on any atom is -0.351 e. The number of rotatable bonds is 5. The summed E-state index contributed by atoms with van der Waals surface area (Å²) in [7, 11) is 0. The molecule has 0 atom stereocenters. The molecule has 0 unspecified atom stereocenters. The maximum absolute atomic E-state index is 11.8. The van der Waals surface area contributed by atoms with Crippen LogP contribution < -0.4 is 5.32 Å². The summed E-state index contributed by atoms with van der Waals surface area (Å²) in [4.78, 5) is 21.0. The molecule has 96 valence electrons. The number of thiophene rings is 1. The van der Waals surface area contributed by atoms with Crippen molar-refractivity contribution in [2.75, 3.05) is 6.54 Å². The molecule has 2 heterocycles. The Labute approximate surface area is 110 Å². The van der Waals surface area contributed by atoms with E-state index in [9.17, 15) is 4.79 Å². The lowest BCUT2D eigenvalue weighted by Crippen LogP contribution is -2.23. The van der Waals surface area contributed by atoms with Crippen molar-refractivity contribution in [3.05, 3.63) is 39.6 Å². The summed E-state index contributed by atoms with van der Waals surface area (Å²) in [5.41, 5.74) is 1.18. The van der Waals surface area contributed by atoms with Crippen LogP contribution in [0.1, 0.15) is 32.4 Å². The number of carbonyl (C=O) groups is 1. The number of carbonyl (C=O) groups excluding carboxylic acids is 1. The zero-order chi connectivity index (χ0) is 13.0. The highest BCUT2D eigenvalue weighted by Crippen LogP contribution is 2.20. The van der Waals surface area contributed by atoms with Crippen molar-refractivity contribution in [2.45, 2.75) is 26.7 Å². The first kappa shape index (κ1) is 12.8. The Kier molecular flexibility index (Phi) is 4.15. The number of nitrogens with one attached hydrogen (secondary N) is 2. The number of nitrogens with zero attached hydrogens (tertiary/aromatic N) is 1. The van der Waals surface area contributed by atoms with Crippen LogP contribution in [0.2, 0.25) is 0 Å². The van der Waals surface area contributed by atoms with Gasteiger partial charge in [-0.1, -0.05) is 0 Å². The van der Waals surface area contributed by atoms with Gasteiger partial charge in [-0.3, -0.25) is 4.79 Å². The van der Waals surface area contributed by atoms with E-state index in [4.69, 9.17) is 0 Å². The molecule has 0 bridgehead atoms. The van der Waals surface area contributed by atoms with E-state index in [1.807, 2.05) is 26.1 Å². The summed E-state index contributed by atoms with van der Waals surface area (Å²) < 4.78 is 0. The van der Waals surface area contributed by atoms with Crippen molar-refractivity contribution in [1.29, 1.82) is 0 Å². The standard InChI is InChI=1S/C13H17N3OS/c1-9-8-11(18-10(9)2)13(17)16-5-3-4-12-14-6-7-15-12/h6-8H,3-5H2,1-2H3,(H,14,15)(H,16,17). The van der Waals surface area contributed by atoms with E-state index in [-0.39, 0.29) is 5.91 Å². The van der Waals surface area contributed by atoms with E-state index in [0.29, 0.717) is 6.54 Å². The van der Waals surface area contributed by atoms with Gasteiger partial charge in [-0.25, -0.2) is 4.98 Å². The van der Waals surface area contributed by atoms with Crippen LogP contribution >= 0.6 is 11.3 Å². The summed E-state index contributed by atoms with van der Waals surface area (Å²) >= 11 is 1.55. The third kappa shape index (κ3) is 3.20. The van der Waals surface area contributed by atoms with E-state index in [1.165, 1.54) is 10.4 Å². The molecule has 0 fully saturated rings. The average Bonchev–Trinajstić information content (AvgIpc) is 2.96. The topological polar surface area (TPSA) is 57.8 Å². The van der Waals surface area contributed by atoms with Crippen molar-refractivity contribution >= 4 is 17.2 Å². The van der Waals surface area contributed by atoms with Crippen LogP contribution in [-0.4, -0.2) is 22.4 Å². The van der Waals surface area contributed by atoms with Gasteiger partial charge in [0, 0.05) is 30.2 Å². The lowest BCUT2D eigenvalue weighted by molar-refractivity contribution is 0.0957. The maximum Gasteiger partial charge on any atom is 0.261 e. The fourth-order valence-electron chi connectivity index (χ4n) is 1.66. The van der Waals surface area contributed by atoms with E-state index in [0.717, 1.165) is 23.5 Å². The SMILES string of the molecule is Cc1cc(C(=O)NCCCc2ncc[nH]2)sc1C. The Hall–Kier alpha value is -1.62. The fraction of sp³-hybridized carbons (Fsp3) is 0.385. The molecule has 2 aromatic rings. The second-order valence-electron chi connectivity index (χ2n) is 4.25. The Morgan fingerprint density at radius 3 is 2.94 bits per heavy atom. The minimum atomic E-state index is 0.0237. The average molecular weight is 263 g/mol. The molecule has 2 rings (SSSR count). The number of H-pyrrole nitrogens is 1. The van der Waals surface area contributed by atoms with Gasteiger partial charge in [-0.15, -0.1) is 11.3 Å². The van der Waals surface area contributed by atoms with E-state index in [2.05, 4.69) is 15.3 Å². The van der Waals surface area contributed by atoms with E-state index in [1.54, 1.807) is 17.5 Å². The molecule has 0 aliphatic heterocycles. The van der Waals surface area contributed by atoms with Crippen molar-refractivity contribution in [1.82, 2.24) is 15.3 Å². The predicted octanol–water partition coefficient (Wildman–Crippen LogP) is 2.45. The molecule has 0 radical (unpaired) electrons. The van der Waals surface area contributed by atoms with Crippen LogP contribution in [0.4, 0.5) is 0 Å². The Morgan fingerprint density at radius 2 is 2.33 bits per heavy atom. The van der Waals surface area contributed by atoms with Gasteiger partial charge in [0.1, 0.15) is 5.82 Å². The van der Waals surface area contributed by atoms with Crippen LogP contribution in [0.25, 0.3) is 0 Å². The smallest absolute Gasteiger partial charge is 0.261 e. The number of aromatic nitrogens is 2. The molecule has 0 saturated carbocycles. The molecular weight excluding hydrogens is 246 g/mol. The van der Waals surface area contributed by atoms with Crippen LogP contribution in [-0.2, 0) is 6.42 Å². The highest BCUT2D eigenvalue weighted by Gasteiger charge is 2.09. The molecule has 5 heteroatoms. The maximum atomic E-state index is 11.8. The number of hydrogen-bond acceptors (Lipinski definition) is 3. The van der Waals surface area contributed by atoms with Crippen molar-refractivity contribution in [3.63, 3.8) is 0 Å². The molecular formula is C13H17N3OS.